The van der Waals surface area contributed by atoms with Crippen LogP contribution in [-0.4, -0.2) is 43.8 Å². The van der Waals surface area contributed by atoms with Crippen LogP contribution >= 0.6 is 11.8 Å². The molecule has 0 radical (unpaired) electrons. The van der Waals surface area contributed by atoms with Crippen LogP contribution in [0.2, 0.25) is 0 Å². The second-order valence-corrected chi connectivity index (χ2v) is 8.99. The Morgan fingerprint density at radius 1 is 1.07 bits per heavy atom. The average molecular weight is 421 g/mol. The molecule has 1 fully saturated rings. The molecule has 2 aliphatic rings. The molecule has 3 aromatic heterocycles. The van der Waals surface area contributed by atoms with E-state index < -0.39 is 0 Å². The van der Waals surface area contributed by atoms with Crippen molar-refractivity contribution in [2.45, 2.75) is 31.6 Å². The first kappa shape index (κ1) is 19.2. The molecular formula is C22H24N6OS. The molecule has 0 saturated carbocycles. The Labute approximate surface area is 179 Å². The van der Waals surface area contributed by atoms with Crippen LogP contribution in [0.1, 0.15) is 24.1 Å². The molecule has 0 unspecified atom stereocenters. The maximum Gasteiger partial charge on any atom is 0.266 e. The Morgan fingerprint density at radius 3 is 2.73 bits per heavy atom. The van der Waals surface area contributed by atoms with Crippen molar-refractivity contribution in [2.24, 2.45) is 5.92 Å². The lowest BCUT2D eigenvalue weighted by molar-refractivity contribution is 0.334. The molecule has 0 aromatic carbocycles. The largest absolute Gasteiger partial charge is 0.355 e. The average Bonchev–Trinajstić information content (AvgIpc) is 2.81. The third kappa shape index (κ3) is 4.09. The number of anilines is 1. The summed E-state index contributed by atoms with van der Waals surface area (Å²) < 4.78 is 1.62. The number of pyridine rings is 1. The van der Waals surface area contributed by atoms with Gasteiger partial charge in [-0.1, -0.05) is 0 Å². The van der Waals surface area contributed by atoms with Gasteiger partial charge >= 0.3 is 0 Å². The lowest BCUT2D eigenvalue weighted by Crippen LogP contribution is -2.37. The first-order valence-corrected chi connectivity index (χ1v) is 11.6. The van der Waals surface area contributed by atoms with Gasteiger partial charge in [0.05, 0.1) is 11.4 Å². The number of aromatic nitrogens is 5. The third-order valence-corrected chi connectivity index (χ3v) is 6.91. The van der Waals surface area contributed by atoms with Crippen LogP contribution in [0.3, 0.4) is 0 Å². The van der Waals surface area contributed by atoms with Crippen LogP contribution in [-0.2, 0) is 18.7 Å². The van der Waals surface area contributed by atoms with E-state index in [4.69, 9.17) is 0 Å². The van der Waals surface area contributed by atoms with Crippen molar-refractivity contribution < 1.29 is 0 Å². The van der Waals surface area contributed by atoms with Gasteiger partial charge in [0, 0.05) is 55.8 Å². The minimum absolute atomic E-state index is 0.0479. The Kier molecular flexibility index (Phi) is 5.48. The van der Waals surface area contributed by atoms with E-state index in [2.05, 4.69) is 31.2 Å². The molecule has 0 bridgehead atoms. The molecule has 8 heteroatoms. The van der Waals surface area contributed by atoms with E-state index >= 15 is 0 Å². The fraction of sp³-hybridized carbons (Fsp3) is 0.409. The summed E-state index contributed by atoms with van der Waals surface area (Å²) in [6.07, 6.45) is 6.53. The Bertz CT molecular complexity index is 1080. The molecule has 1 saturated heterocycles. The monoisotopic (exact) mass is 420 g/mol. The van der Waals surface area contributed by atoms with Gasteiger partial charge in [-0.3, -0.25) is 9.78 Å². The fourth-order valence-electron chi connectivity index (χ4n) is 4.13. The molecular weight excluding hydrogens is 396 g/mol. The molecule has 0 N–H and O–H groups in total. The van der Waals surface area contributed by atoms with E-state index in [0.717, 1.165) is 66.6 Å². The molecule has 2 aliphatic heterocycles. The van der Waals surface area contributed by atoms with E-state index in [1.54, 1.807) is 29.2 Å². The number of piperidine rings is 1. The van der Waals surface area contributed by atoms with E-state index in [1.165, 1.54) is 5.56 Å². The van der Waals surface area contributed by atoms with Gasteiger partial charge in [0.15, 0.2) is 5.82 Å². The summed E-state index contributed by atoms with van der Waals surface area (Å²) in [4.78, 5) is 18.7. The topological polar surface area (TPSA) is 76.8 Å². The summed E-state index contributed by atoms with van der Waals surface area (Å²) in [5.74, 6) is 3.60. The van der Waals surface area contributed by atoms with Crippen LogP contribution in [0.15, 0.2) is 47.5 Å². The van der Waals surface area contributed by atoms with Gasteiger partial charge in [0.25, 0.3) is 5.56 Å². The minimum atomic E-state index is -0.0479. The highest BCUT2D eigenvalue weighted by Gasteiger charge is 2.23. The molecule has 0 amide bonds. The minimum Gasteiger partial charge on any atom is -0.355 e. The molecule has 7 nitrogen and oxygen atoms in total. The van der Waals surface area contributed by atoms with Gasteiger partial charge in [0.2, 0.25) is 0 Å². The van der Waals surface area contributed by atoms with Gasteiger partial charge in [-0.15, -0.1) is 5.10 Å². The highest BCUT2D eigenvalue weighted by Crippen LogP contribution is 2.28. The first-order chi connectivity index (χ1) is 14.8. The number of fused-ring (bicyclic) bond motifs is 1. The van der Waals surface area contributed by atoms with Crippen molar-refractivity contribution in [2.75, 3.05) is 23.7 Å². The highest BCUT2D eigenvalue weighted by molar-refractivity contribution is 7.98. The number of rotatable bonds is 4. The summed E-state index contributed by atoms with van der Waals surface area (Å²) in [5, 5.41) is 13.5. The van der Waals surface area contributed by atoms with E-state index in [1.807, 2.05) is 23.9 Å². The SMILES string of the molecule is O=c1ccc(-c2ccncc2)nn1CC1CCN(c2cc3c(nn2)CCSC3)CC1. The van der Waals surface area contributed by atoms with E-state index in [9.17, 15) is 4.79 Å². The zero-order chi connectivity index (χ0) is 20.3. The summed E-state index contributed by atoms with van der Waals surface area (Å²) in [6.45, 7) is 2.52. The Balaban J connectivity index is 1.25. The standard InChI is InChI=1S/C22H24N6OS/c29-22-2-1-20(17-3-8-23-9-4-17)26-28(22)14-16-5-10-27(11-6-16)21-13-18-15-30-12-7-19(18)24-25-21/h1-4,8-9,13,16H,5-7,10-12,14-15H2. The number of hydrogen-bond donors (Lipinski definition) is 0. The molecule has 154 valence electrons. The van der Waals surface area contributed by atoms with Crippen LogP contribution in [0, 0.1) is 5.92 Å². The second-order valence-electron chi connectivity index (χ2n) is 7.88. The zero-order valence-electron chi connectivity index (χ0n) is 16.8. The normalized spacial score (nSPS) is 17.0. The van der Waals surface area contributed by atoms with Gasteiger partial charge in [0.1, 0.15) is 0 Å². The summed E-state index contributed by atoms with van der Waals surface area (Å²) in [7, 11) is 0. The van der Waals surface area contributed by atoms with Crippen LogP contribution < -0.4 is 10.5 Å². The third-order valence-electron chi connectivity index (χ3n) is 5.90. The molecule has 30 heavy (non-hydrogen) atoms. The Morgan fingerprint density at radius 2 is 1.90 bits per heavy atom. The number of aryl methyl sites for hydroxylation is 1. The smallest absolute Gasteiger partial charge is 0.266 e. The van der Waals surface area contributed by atoms with Gasteiger partial charge in [-0.05, 0) is 54.3 Å². The Hall–Kier alpha value is -2.74. The number of nitrogens with zero attached hydrogens (tertiary/aromatic N) is 6. The summed E-state index contributed by atoms with van der Waals surface area (Å²) in [5.41, 5.74) is 4.22. The van der Waals surface area contributed by atoms with Crippen LogP contribution in [0.25, 0.3) is 11.3 Å². The van der Waals surface area contributed by atoms with Gasteiger partial charge in [-0.2, -0.15) is 22.0 Å². The maximum absolute atomic E-state index is 12.4. The maximum atomic E-state index is 12.4. The van der Waals surface area contributed by atoms with Crippen molar-refractivity contribution in [3.05, 3.63) is 64.3 Å². The van der Waals surface area contributed by atoms with Gasteiger partial charge < -0.3 is 4.90 Å². The van der Waals surface area contributed by atoms with E-state index in [0.29, 0.717) is 12.5 Å². The quantitative estimate of drug-likeness (QED) is 0.642. The predicted octanol–water partition coefficient (Wildman–Crippen LogP) is 2.80. The predicted molar refractivity (Wildman–Crippen MR) is 119 cm³/mol. The number of hydrogen-bond acceptors (Lipinski definition) is 7. The molecule has 5 heterocycles. The summed E-state index contributed by atoms with van der Waals surface area (Å²) >= 11 is 1.97. The summed E-state index contributed by atoms with van der Waals surface area (Å²) in [6, 6.07) is 9.43. The van der Waals surface area contributed by atoms with Crippen molar-refractivity contribution in [3.63, 3.8) is 0 Å². The lowest BCUT2D eigenvalue weighted by atomic mass is 9.96. The lowest BCUT2D eigenvalue weighted by Gasteiger charge is -2.33. The molecule has 5 rings (SSSR count). The first-order valence-electron chi connectivity index (χ1n) is 10.4. The van der Waals surface area contributed by atoms with E-state index in [-0.39, 0.29) is 5.56 Å². The van der Waals surface area contributed by atoms with Gasteiger partial charge in [-0.25, -0.2) is 4.68 Å². The molecule has 0 atom stereocenters. The number of thioether (sulfide) groups is 1. The van der Waals surface area contributed by atoms with Crippen molar-refractivity contribution in [1.82, 2.24) is 25.0 Å². The molecule has 0 aliphatic carbocycles. The highest BCUT2D eigenvalue weighted by atomic mass is 32.2. The molecule has 3 aromatic rings. The van der Waals surface area contributed by atoms with Crippen LogP contribution in [0.5, 0.6) is 0 Å². The van der Waals surface area contributed by atoms with Crippen molar-refractivity contribution in [3.8, 4) is 11.3 Å². The fourth-order valence-corrected chi connectivity index (χ4v) is 5.08. The van der Waals surface area contributed by atoms with Crippen LogP contribution in [0.4, 0.5) is 5.82 Å². The van der Waals surface area contributed by atoms with Crippen molar-refractivity contribution >= 4 is 17.6 Å². The van der Waals surface area contributed by atoms with Crippen molar-refractivity contribution in [1.29, 1.82) is 0 Å². The molecule has 0 spiro atoms. The zero-order valence-corrected chi connectivity index (χ0v) is 17.6. The second kappa shape index (κ2) is 8.55.